The van der Waals surface area contributed by atoms with Crippen LogP contribution in [0, 0.1) is 13.8 Å². The van der Waals surface area contributed by atoms with E-state index in [4.69, 9.17) is 27.9 Å². The zero-order valence-corrected chi connectivity index (χ0v) is 18.8. The van der Waals surface area contributed by atoms with Gasteiger partial charge in [-0.2, -0.15) is 0 Å². The van der Waals surface area contributed by atoms with Crippen molar-refractivity contribution < 1.29 is 14.3 Å². The maximum absolute atomic E-state index is 13.0. The number of rotatable bonds is 5. The van der Waals surface area contributed by atoms with Crippen molar-refractivity contribution in [1.29, 1.82) is 0 Å². The molecule has 2 aromatic rings. The predicted molar refractivity (Wildman–Crippen MR) is 120 cm³/mol. The van der Waals surface area contributed by atoms with Gasteiger partial charge >= 0.3 is 5.97 Å². The van der Waals surface area contributed by atoms with Gasteiger partial charge in [0.05, 0.1) is 18.3 Å². The monoisotopic (exact) mass is 444 g/mol. The second-order valence-electron chi connectivity index (χ2n) is 7.00. The molecule has 0 N–H and O–H groups in total. The van der Waals surface area contributed by atoms with E-state index < -0.39 is 5.97 Å². The number of amides is 1. The van der Waals surface area contributed by atoms with Crippen molar-refractivity contribution in [1.82, 2.24) is 9.47 Å². The number of aromatic nitrogens is 1. The number of halogens is 2. The van der Waals surface area contributed by atoms with E-state index in [1.54, 1.807) is 25.1 Å². The zero-order chi connectivity index (χ0) is 22.2. The highest BCUT2D eigenvalue weighted by Crippen LogP contribution is 2.33. The molecule has 1 amide bonds. The maximum atomic E-state index is 13.0. The molecule has 0 spiro atoms. The second kappa shape index (κ2) is 8.54. The third-order valence-corrected chi connectivity index (χ3v) is 5.52. The van der Waals surface area contributed by atoms with E-state index >= 15 is 0 Å². The number of hydrogen-bond donors (Lipinski definition) is 0. The largest absolute Gasteiger partial charge is 0.465 e. The molecule has 5 nitrogen and oxygen atoms in total. The normalized spacial score (nSPS) is 15.3. The van der Waals surface area contributed by atoms with E-state index in [0.29, 0.717) is 27.9 Å². The van der Waals surface area contributed by atoms with Gasteiger partial charge in [-0.1, -0.05) is 29.3 Å². The van der Waals surface area contributed by atoms with Crippen molar-refractivity contribution in [3.8, 4) is 5.69 Å². The molecule has 1 aromatic heterocycles. The molecule has 0 saturated heterocycles. The van der Waals surface area contributed by atoms with Gasteiger partial charge in [-0.15, -0.1) is 6.58 Å². The number of carbonyl (C=O) groups is 2. The molecule has 0 unspecified atom stereocenters. The van der Waals surface area contributed by atoms with Gasteiger partial charge in [-0.3, -0.25) is 4.79 Å². The number of benzene rings is 1. The lowest BCUT2D eigenvalue weighted by atomic mass is 10.0. The Labute approximate surface area is 185 Å². The first kappa shape index (κ1) is 21.9. The van der Waals surface area contributed by atoms with Crippen molar-refractivity contribution in [2.45, 2.75) is 20.8 Å². The number of methoxy groups -OCH3 is 1. The smallest absolute Gasteiger partial charge is 0.340 e. The molecule has 1 aliphatic heterocycles. The van der Waals surface area contributed by atoms with Gasteiger partial charge in [0.15, 0.2) is 0 Å². The van der Waals surface area contributed by atoms with Gasteiger partial charge < -0.3 is 14.2 Å². The van der Waals surface area contributed by atoms with Crippen molar-refractivity contribution >= 4 is 41.2 Å². The van der Waals surface area contributed by atoms with E-state index in [0.717, 1.165) is 22.6 Å². The molecule has 1 aliphatic rings. The summed E-state index contributed by atoms with van der Waals surface area (Å²) in [5.41, 5.74) is 4.56. The van der Waals surface area contributed by atoms with Crippen LogP contribution in [-0.4, -0.2) is 35.0 Å². The zero-order valence-electron chi connectivity index (χ0n) is 17.3. The topological polar surface area (TPSA) is 51.5 Å². The van der Waals surface area contributed by atoms with Gasteiger partial charge in [0.1, 0.15) is 0 Å². The van der Waals surface area contributed by atoms with Crippen molar-refractivity contribution in [3.05, 3.63) is 80.8 Å². The molecule has 3 rings (SSSR count). The number of ether oxygens (including phenoxy) is 1. The van der Waals surface area contributed by atoms with Crippen LogP contribution in [0.15, 0.2) is 53.8 Å². The molecular weight excluding hydrogens is 423 g/mol. The molecular formula is C23H22Cl2N2O3. The predicted octanol–water partition coefficient (Wildman–Crippen LogP) is 5.26. The number of nitrogens with zero attached hydrogens (tertiary/aromatic N) is 2. The van der Waals surface area contributed by atoms with E-state index in [1.165, 1.54) is 12.0 Å². The fourth-order valence-corrected chi connectivity index (χ4v) is 4.25. The highest BCUT2D eigenvalue weighted by atomic mass is 35.5. The molecule has 0 atom stereocenters. The Morgan fingerprint density at radius 2 is 1.77 bits per heavy atom. The van der Waals surface area contributed by atoms with E-state index in [2.05, 4.69) is 6.58 Å². The summed E-state index contributed by atoms with van der Waals surface area (Å²) < 4.78 is 6.92. The van der Waals surface area contributed by atoms with Crippen LogP contribution < -0.4 is 0 Å². The fourth-order valence-electron chi connectivity index (χ4n) is 3.73. The molecule has 0 bridgehead atoms. The Morgan fingerprint density at radius 1 is 1.13 bits per heavy atom. The summed E-state index contributed by atoms with van der Waals surface area (Å²) in [5, 5.41) is 1.06. The summed E-state index contributed by atoms with van der Waals surface area (Å²) in [5.74, 6) is -0.808. The summed E-state index contributed by atoms with van der Waals surface area (Å²) >= 11 is 12.3. The first-order valence-electron chi connectivity index (χ1n) is 9.29. The van der Waals surface area contributed by atoms with Crippen LogP contribution in [0.3, 0.4) is 0 Å². The Hall–Kier alpha value is -2.76. The van der Waals surface area contributed by atoms with Crippen molar-refractivity contribution in [2.75, 3.05) is 13.7 Å². The molecule has 0 saturated carbocycles. The van der Waals surface area contributed by atoms with Gasteiger partial charge in [-0.05, 0) is 56.7 Å². The quantitative estimate of drug-likeness (QED) is 0.359. The molecule has 7 heteroatoms. The number of carbonyl (C=O) groups excluding carboxylic acids is 2. The summed E-state index contributed by atoms with van der Waals surface area (Å²) in [6, 6.07) is 7.26. The third-order valence-electron chi connectivity index (χ3n) is 5.09. The average molecular weight is 445 g/mol. The van der Waals surface area contributed by atoms with Crippen LogP contribution >= 0.6 is 23.2 Å². The molecule has 2 heterocycles. The molecule has 0 aliphatic carbocycles. The summed E-state index contributed by atoms with van der Waals surface area (Å²) in [6.45, 7) is 9.61. The Kier molecular flexibility index (Phi) is 6.25. The fraction of sp³-hybridized carbons (Fsp3) is 0.217. The highest BCUT2D eigenvalue weighted by molar-refractivity contribution is 6.34. The van der Waals surface area contributed by atoms with E-state index in [-0.39, 0.29) is 11.5 Å². The van der Waals surface area contributed by atoms with Crippen molar-refractivity contribution in [2.24, 2.45) is 0 Å². The van der Waals surface area contributed by atoms with Crippen LogP contribution in [-0.2, 0) is 14.3 Å². The first-order chi connectivity index (χ1) is 14.2. The Morgan fingerprint density at radius 3 is 2.33 bits per heavy atom. The SMILES string of the molecule is C=CCN1C(=O)/C(=C\c2cc(C)n(-c3cc(Cl)cc(Cl)c3)c2C)C(C(=O)OC)=C1C. The van der Waals surface area contributed by atoms with Crippen molar-refractivity contribution in [3.63, 3.8) is 0 Å². The maximum Gasteiger partial charge on any atom is 0.340 e. The van der Waals surface area contributed by atoms with Gasteiger partial charge in [0, 0.05) is 39.4 Å². The van der Waals surface area contributed by atoms with E-state index in [1.807, 2.05) is 36.6 Å². The van der Waals surface area contributed by atoms with E-state index in [9.17, 15) is 9.59 Å². The highest BCUT2D eigenvalue weighted by Gasteiger charge is 2.36. The minimum Gasteiger partial charge on any atom is -0.465 e. The molecule has 0 radical (unpaired) electrons. The molecule has 156 valence electrons. The number of aryl methyl sites for hydroxylation is 1. The molecule has 0 fully saturated rings. The summed E-state index contributed by atoms with van der Waals surface area (Å²) in [6.07, 6.45) is 3.35. The lowest BCUT2D eigenvalue weighted by Crippen LogP contribution is -2.25. The Bertz CT molecular complexity index is 1110. The number of esters is 1. The standard InChI is InChI=1S/C23H22Cl2N2O3/c1-6-7-26-15(4)21(23(29)30-5)20(22(26)28)9-16-8-13(2)27(14(16)3)19-11-17(24)10-18(25)12-19/h6,8-12H,1,7H2,2-5H3/b20-9-. The molecule has 1 aromatic carbocycles. The Balaban J connectivity index is 2.16. The van der Waals surface area contributed by atoms with Crippen LogP contribution in [0.4, 0.5) is 0 Å². The minimum absolute atomic E-state index is 0.261. The lowest BCUT2D eigenvalue weighted by molar-refractivity contribution is -0.136. The van der Waals surface area contributed by atoms with Crippen LogP contribution in [0.2, 0.25) is 10.0 Å². The number of hydrogen-bond acceptors (Lipinski definition) is 3. The van der Waals surface area contributed by atoms with Gasteiger partial charge in [0.25, 0.3) is 5.91 Å². The summed E-state index contributed by atoms with van der Waals surface area (Å²) in [7, 11) is 1.30. The van der Waals surface area contributed by atoms with Crippen LogP contribution in [0.5, 0.6) is 0 Å². The van der Waals surface area contributed by atoms with Crippen LogP contribution in [0.25, 0.3) is 11.8 Å². The first-order valence-corrected chi connectivity index (χ1v) is 10.0. The minimum atomic E-state index is -0.547. The third kappa shape index (κ3) is 3.83. The average Bonchev–Trinajstić information content (AvgIpc) is 3.08. The van der Waals surface area contributed by atoms with Crippen LogP contribution in [0.1, 0.15) is 23.9 Å². The lowest BCUT2D eigenvalue weighted by Gasteiger charge is -2.14. The number of allylic oxidation sites excluding steroid dienone is 1. The van der Waals surface area contributed by atoms with Gasteiger partial charge in [-0.25, -0.2) is 4.79 Å². The second-order valence-corrected chi connectivity index (χ2v) is 7.88. The molecule has 30 heavy (non-hydrogen) atoms. The summed E-state index contributed by atoms with van der Waals surface area (Å²) in [4.78, 5) is 27.0. The van der Waals surface area contributed by atoms with Gasteiger partial charge in [0.2, 0.25) is 0 Å².